The highest BCUT2D eigenvalue weighted by Gasteiger charge is 2.37. The Bertz CT molecular complexity index is 175. The molecular weight excluding hydrogens is 143 g/mol. The Kier molecular flexibility index (Phi) is 1.69. The van der Waals surface area contributed by atoms with Gasteiger partial charge in [0.1, 0.15) is 0 Å². The van der Waals surface area contributed by atoms with Gasteiger partial charge in [-0.05, 0) is 0 Å². The number of hydrogen-bond acceptors (Lipinski definition) is 4. The second-order valence-electron chi connectivity index (χ2n) is 1.41. The van der Waals surface area contributed by atoms with Gasteiger partial charge in [-0.25, -0.2) is 4.79 Å². The van der Waals surface area contributed by atoms with Gasteiger partial charge in [-0.3, -0.25) is 9.09 Å². The smallest absolute Gasteiger partial charge is 0.332 e. The summed E-state index contributed by atoms with van der Waals surface area (Å²) in [6, 6.07) is -0.777. The SMILES string of the molecule is C=CC(=O)OC1O[PH]1=O. The van der Waals surface area contributed by atoms with Gasteiger partial charge in [0.25, 0.3) is 14.1 Å². The van der Waals surface area contributed by atoms with E-state index in [2.05, 4.69) is 15.8 Å². The lowest BCUT2D eigenvalue weighted by molar-refractivity contribution is -0.142. The van der Waals surface area contributed by atoms with E-state index in [-0.39, 0.29) is 0 Å². The van der Waals surface area contributed by atoms with Crippen LogP contribution in [0, 0.1) is 0 Å². The number of rotatable bonds is 2. The lowest BCUT2D eigenvalue weighted by Crippen LogP contribution is -2.00. The maximum Gasteiger partial charge on any atom is 0.332 e. The van der Waals surface area contributed by atoms with Gasteiger partial charge in [-0.2, -0.15) is 0 Å². The van der Waals surface area contributed by atoms with Crippen LogP contribution in [0.4, 0.5) is 0 Å². The van der Waals surface area contributed by atoms with Crippen molar-refractivity contribution in [3.8, 4) is 0 Å². The summed E-state index contributed by atoms with van der Waals surface area (Å²) in [5.41, 5.74) is 0. The molecule has 1 fully saturated rings. The van der Waals surface area contributed by atoms with E-state index < -0.39 is 20.0 Å². The minimum Gasteiger partial charge on any atom is -0.422 e. The van der Waals surface area contributed by atoms with Crippen LogP contribution in [-0.2, 0) is 18.6 Å². The zero-order chi connectivity index (χ0) is 6.85. The van der Waals surface area contributed by atoms with E-state index >= 15 is 0 Å². The van der Waals surface area contributed by atoms with Crippen LogP contribution < -0.4 is 0 Å². The number of ether oxygens (including phenoxy) is 1. The van der Waals surface area contributed by atoms with Gasteiger partial charge in [0, 0.05) is 6.08 Å². The Balaban J connectivity index is 2.27. The van der Waals surface area contributed by atoms with Crippen molar-refractivity contribution < 1.29 is 18.6 Å². The molecule has 1 aliphatic rings. The van der Waals surface area contributed by atoms with Crippen LogP contribution in [0.25, 0.3) is 0 Å². The quantitative estimate of drug-likeness (QED) is 0.247. The van der Waals surface area contributed by atoms with E-state index in [9.17, 15) is 9.36 Å². The van der Waals surface area contributed by atoms with Crippen molar-refractivity contribution in [1.82, 2.24) is 0 Å². The van der Waals surface area contributed by atoms with Crippen molar-refractivity contribution in [2.75, 3.05) is 0 Å². The Labute approximate surface area is 52.3 Å². The molecule has 0 spiro atoms. The van der Waals surface area contributed by atoms with Gasteiger partial charge in [0.2, 0.25) is 0 Å². The summed E-state index contributed by atoms with van der Waals surface area (Å²) < 4.78 is 18.9. The largest absolute Gasteiger partial charge is 0.422 e. The van der Waals surface area contributed by atoms with E-state index in [0.29, 0.717) is 0 Å². The molecule has 0 bridgehead atoms. The Morgan fingerprint density at radius 3 is 2.78 bits per heavy atom. The molecule has 0 saturated carbocycles. The maximum atomic E-state index is 10.3. The lowest BCUT2D eigenvalue weighted by atomic mass is 10.7. The second-order valence-corrected chi connectivity index (χ2v) is 2.76. The number of esters is 1. The fourth-order valence-corrected chi connectivity index (χ4v) is 0.845. The van der Waals surface area contributed by atoms with Gasteiger partial charge in [0.15, 0.2) is 0 Å². The minimum absolute atomic E-state index is 0.601. The van der Waals surface area contributed by atoms with Crippen molar-refractivity contribution in [3.05, 3.63) is 12.7 Å². The molecule has 2 unspecified atom stereocenters. The Morgan fingerprint density at radius 2 is 2.44 bits per heavy atom. The maximum absolute atomic E-state index is 10.3. The van der Waals surface area contributed by atoms with Gasteiger partial charge in [-0.1, -0.05) is 6.58 Å². The van der Waals surface area contributed by atoms with Crippen LogP contribution in [0.5, 0.6) is 0 Å². The molecular formula is C4H5O4P. The van der Waals surface area contributed by atoms with Crippen molar-refractivity contribution in [2.45, 2.75) is 6.03 Å². The van der Waals surface area contributed by atoms with E-state index in [0.717, 1.165) is 6.08 Å². The van der Waals surface area contributed by atoms with Crippen molar-refractivity contribution in [3.63, 3.8) is 0 Å². The average molecular weight is 148 g/mol. The number of carbonyl (C=O) groups excluding carboxylic acids is 1. The fraction of sp³-hybridized carbons (Fsp3) is 0.250. The molecule has 0 radical (unpaired) electrons. The van der Waals surface area contributed by atoms with Crippen LogP contribution in [-0.4, -0.2) is 12.0 Å². The normalized spacial score (nSPS) is 31.1. The molecule has 0 aromatic rings. The van der Waals surface area contributed by atoms with Crippen molar-refractivity contribution in [1.29, 1.82) is 0 Å². The highest BCUT2D eigenvalue weighted by molar-refractivity contribution is 7.46. The van der Waals surface area contributed by atoms with Gasteiger partial charge in [0.05, 0.1) is 0 Å². The first-order valence-corrected chi connectivity index (χ1v) is 3.67. The zero-order valence-corrected chi connectivity index (χ0v) is 5.49. The Morgan fingerprint density at radius 1 is 1.89 bits per heavy atom. The highest BCUT2D eigenvalue weighted by Crippen LogP contribution is 2.50. The third-order valence-corrected chi connectivity index (χ3v) is 1.58. The third kappa shape index (κ3) is 1.66. The van der Waals surface area contributed by atoms with E-state index in [1.807, 2.05) is 0 Å². The Hall–Kier alpha value is -0.600. The summed E-state index contributed by atoms with van der Waals surface area (Å²) in [7, 11) is -2.01. The van der Waals surface area contributed by atoms with Crippen LogP contribution in [0.2, 0.25) is 0 Å². The molecule has 0 aliphatic carbocycles. The molecule has 1 rings (SSSR count). The van der Waals surface area contributed by atoms with Crippen LogP contribution in [0.3, 0.4) is 0 Å². The minimum atomic E-state index is -2.01. The van der Waals surface area contributed by atoms with Gasteiger partial charge < -0.3 is 4.74 Å². The molecule has 0 aromatic carbocycles. The summed E-state index contributed by atoms with van der Waals surface area (Å²) in [5.74, 6) is -0.601. The van der Waals surface area contributed by atoms with Crippen LogP contribution >= 0.6 is 8.03 Å². The van der Waals surface area contributed by atoms with Gasteiger partial charge in [-0.15, -0.1) is 0 Å². The molecule has 1 saturated heterocycles. The molecule has 0 N–H and O–H groups in total. The molecule has 0 aromatic heterocycles. The molecule has 1 aliphatic heterocycles. The summed E-state index contributed by atoms with van der Waals surface area (Å²) >= 11 is 0. The van der Waals surface area contributed by atoms with Crippen LogP contribution in [0.15, 0.2) is 12.7 Å². The van der Waals surface area contributed by atoms with E-state index in [4.69, 9.17) is 0 Å². The van der Waals surface area contributed by atoms with E-state index in [1.54, 1.807) is 0 Å². The summed E-state index contributed by atoms with van der Waals surface area (Å²) in [6.07, 6.45) is 0.997. The average Bonchev–Trinajstić information content (AvgIpc) is 2.47. The first kappa shape index (κ1) is 6.52. The molecule has 5 heteroatoms. The first-order valence-electron chi connectivity index (χ1n) is 2.27. The molecule has 0 amide bonds. The van der Waals surface area contributed by atoms with Crippen LogP contribution in [0.1, 0.15) is 0 Å². The van der Waals surface area contributed by atoms with Crippen molar-refractivity contribution >= 4 is 14.0 Å². The standard InChI is InChI=1S/C4H5O4P/c1-2-3(5)7-4-8-9(4)6/h2,4,9H,1H2. The summed E-state index contributed by atoms with van der Waals surface area (Å²) in [5, 5.41) is 0. The molecule has 2 atom stereocenters. The highest BCUT2D eigenvalue weighted by atomic mass is 31.1. The molecule has 50 valence electrons. The topological polar surface area (TPSA) is 55.9 Å². The number of hydrogen-bond donors (Lipinski definition) is 0. The van der Waals surface area contributed by atoms with Gasteiger partial charge >= 0.3 is 5.97 Å². The third-order valence-electron chi connectivity index (χ3n) is 0.748. The zero-order valence-electron chi connectivity index (χ0n) is 4.49. The lowest BCUT2D eigenvalue weighted by Gasteiger charge is -1.89. The number of carbonyl (C=O) groups is 1. The van der Waals surface area contributed by atoms with Crippen molar-refractivity contribution in [2.24, 2.45) is 0 Å². The summed E-state index contributed by atoms with van der Waals surface area (Å²) in [6.45, 7) is 3.15. The predicted octanol–water partition coefficient (Wildman–Crippen LogP) is 0.504. The monoisotopic (exact) mass is 148 g/mol. The summed E-state index contributed by atoms with van der Waals surface area (Å²) in [4.78, 5) is 10.3. The first-order chi connectivity index (χ1) is 4.24. The molecule has 9 heavy (non-hydrogen) atoms. The fourth-order valence-electron chi connectivity index (χ4n) is 0.297. The predicted molar refractivity (Wildman–Crippen MR) is 30.2 cm³/mol. The molecule has 4 nitrogen and oxygen atoms in total. The van der Waals surface area contributed by atoms with E-state index in [1.165, 1.54) is 0 Å². The molecule has 1 heterocycles. The second kappa shape index (κ2) is 2.33.